The lowest BCUT2D eigenvalue weighted by Crippen LogP contribution is -2.04. The molecule has 0 aliphatic heterocycles. The number of hydrogen-bond acceptors (Lipinski definition) is 3. The molecule has 0 aliphatic rings. The SMILES string of the molecule is Cl.N#CCCCCc1[nH]c2ccc(-c3cccc4c3oc3ccccc34)cc2c1CCN. The minimum atomic E-state index is 0. The second-order valence-electron chi connectivity index (χ2n) is 8.03. The molecule has 162 valence electrons. The van der Waals surface area contributed by atoms with Crippen molar-refractivity contribution >= 4 is 45.2 Å². The predicted molar refractivity (Wildman–Crippen MR) is 134 cm³/mol. The van der Waals surface area contributed by atoms with Crippen LogP contribution in [-0.4, -0.2) is 11.5 Å². The van der Waals surface area contributed by atoms with Crippen molar-refractivity contribution in [3.05, 3.63) is 71.9 Å². The maximum Gasteiger partial charge on any atom is 0.143 e. The smallest absolute Gasteiger partial charge is 0.143 e. The summed E-state index contributed by atoms with van der Waals surface area (Å²) in [5.74, 6) is 0. The second kappa shape index (κ2) is 9.48. The first-order chi connectivity index (χ1) is 15.3. The first kappa shape index (κ1) is 22.0. The standard InChI is InChI=1S/C27H25N3O.ClH/c28-15-5-1-2-10-24-20(14-16-29)23-17-18(12-13-25(23)30-24)19-8-6-9-22-21-7-3-4-11-26(21)31-27(19)22;/h3-4,6-9,11-13,17,30H,1-2,5,10,14,16,29H2;1H. The van der Waals surface area contributed by atoms with Gasteiger partial charge in [-0.2, -0.15) is 5.26 Å². The van der Waals surface area contributed by atoms with Gasteiger partial charge < -0.3 is 15.1 Å². The zero-order valence-corrected chi connectivity index (χ0v) is 18.7. The molecule has 0 bridgehead atoms. The van der Waals surface area contributed by atoms with Crippen LogP contribution in [-0.2, 0) is 12.8 Å². The normalized spacial score (nSPS) is 11.1. The van der Waals surface area contributed by atoms with Crippen LogP contribution >= 0.6 is 12.4 Å². The van der Waals surface area contributed by atoms with Gasteiger partial charge in [-0.05, 0) is 61.6 Å². The van der Waals surface area contributed by atoms with Gasteiger partial charge in [0.1, 0.15) is 11.2 Å². The number of aromatic amines is 1. The van der Waals surface area contributed by atoms with Gasteiger partial charge in [-0.15, -0.1) is 12.4 Å². The van der Waals surface area contributed by atoms with Crippen molar-refractivity contribution in [2.75, 3.05) is 6.54 Å². The molecule has 0 unspecified atom stereocenters. The molecule has 0 spiro atoms. The van der Waals surface area contributed by atoms with Crippen LogP contribution in [0.15, 0.2) is 65.1 Å². The Bertz CT molecular complexity index is 1420. The fraction of sp³-hybridized carbons (Fsp3) is 0.222. The number of para-hydroxylation sites is 2. The van der Waals surface area contributed by atoms with E-state index < -0.39 is 0 Å². The third kappa shape index (κ3) is 3.86. The molecule has 5 rings (SSSR count). The summed E-state index contributed by atoms with van der Waals surface area (Å²) >= 11 is 0. The molecule has 2 aromatic heterocycles. The van der Waals surface area contributed by atoms with E-state index in [9.17, 15) is 0 Å². The van der Waals surface area contributed by atoms with Crippen molar-refractivity contribution < 1.29 is 4.42 Å². The van der Waals surface area contributed by atoms with E-state index in [0.29, 0.717) is 13.0 Å². The molecule has 0 saturated heterocycles. The molecule has 32 heavy (non-hydrogen) atoms. The van der Waals surface area contributed by atoms with Crippen LogP contribution in [0.2, 0.25) is 0 Å². The summed E-state index contributed by atoms with van der Waals surface area (Å²) in [4.78, 5) is 3.60. The molecule has 5 aromatic rings. The fourth-order valence-electron chi connectivity index (χ4n) is 4.59. The number of aromatic nitrogens is 1. The van der Waals surface area contributed by atoms with Crippen LogP contribution in [0.1, 0.15) is 30.5 Å². The summed E-state index contributed by atoms with van der Waals surface area (Å²) in [5, 5.41) is 12.3. The Labute approximate surface area is 193 Å². The topological polar surface area (TPSA) is 78.7 Å². The molecule has 4 nitrogen and oxygen atoms in total. The number of benzene rings is 3. The lowest BCUT2D eigenvalue weighted by molar-refractivity contribution is 0.670. The Kier molecular flexibility index (Phi) is 6.50. The van der Waals surface area contributed by atoms with Gasteiger partial charge in [0, 0.05) is 39.4 Å². The van der Waals surface area contributed by atoms with Gasteiger partial charge in [0.25, 0.3) is 0 Å². The van der Waals surface area contributed by atoms with Crippen LogP contribution in [0.25, 0.3) is 44.0 Å². The van der Waals surface area contributed by atoms with Crippen molar-refractivity contribution in [1.29, 1.82) is 5.26 Å². The van der Waals surface area contributed by atoms with E-state index in [1.54, 1.807) is 0 Å². The van der Waals surface area contributed by atoms with Crippen molar-refractivity contribution in [3.8, 4) is 17.2 Å². The highest BCUT2D eigenvalue weighted by atomic mass is 35.5. The highest BCUT2D eigenvalue weighted by Gasteiger charge is 2.15. The Morgan fingerprint density at radius 1 is 0.906 bits per heavy atom. The van der Waals surface area contributed by atoms with Crippen molar-refractivity contribution in [2.45, 2.75) is 32.1 Å². The van der Waals surface area contributed by atoms with Gasteiger partial charge in [0.05, 0.1) is 6.07 Å². The molecular formula is C27H26ClN3O. The number of fused-ring (bicyclic) bond motifs is 4. The fourth-order valence-corrected chi connectivity index (χ4v) is 4.59. The number of nitrogens with one attached hydrogen (secondary N) is 1. The summed E-state index contributed by atoms with van der Waals surface area (Å²) in [5.41, 5.74) is 13.7. The Hall–Kier alpha value is -3.26. The minimum absolute atomic E-state index is 0. The minimum Gasteiger partial charge on any atom is -0.455 e. The zero-order chi connectivity index (χ0) is 21.2. The molecule has 3 N–H and O–H groups in total. The number of rotatable bonds is 7. The number of nitriles is 1. The van der Waals surface area contributed by atoms with E-state index in [1.165, 1.54) is 16.6 Å². The van der Waals surface area contributed by atoms with Crippen LogP contribution in [0.4, 0.5) is 0 Å². The van der Waals surface area contributed by atoms with Gasteiger partial charge in [-0.3, -0.25) is 0 Å². The van der Waals surface area contributed by atoms with Gasteiger partial charge in [-0.1, -0.05) is 42.5 Å². The lowest BCUT2D eigenvalue weighted by Gasteiger charge is -2.05. The van der Waals surface area contributed by atoms with Gasteiger partial charge in [-0.25, -0.2) is 0 Å². The number of halogens is 1. The summed E-state index contributed by atoms with van der Waals surface area (Å²) in [6.45, 7) is 0.613. The third-order valence-electron chi connectivity index (χ3n) is 6.07. The third-order valence-corrected chi connectivity index (χ3v) is 6.07. The Balaban J connectivity index is 0.00000245. The van der Waals surface area contributed by atoms with Gasteiger partial charge in [0.15, 0.2) is 0 Å². The summed E-state index contributed by atoms with van der Waals surface area (Å²) in [6.07, 6.45) is 4.32. The summed E-state index contributed by atoms with van der Waals surface area (Å²) < 4.78 is 6.25. The number of unbranched alkanes of at least 4 members (excludes halogenated alkanes) is 2. The average molecular weight is 444 g/mol. The van der Waals surface area contributed by atoms with Crippen LogP contribution in [0.3, 0.4) is 0 Å². The van der Waals surface area contributed by atoms with Gasteiger partial charge in [0.2, 0.25) is 0 Å². The van der Waals surface area contributed by atoms with Crippen molar-refractivity contribution in [2.24, 2.45) is 5.73 Å². The summed E-state index contributed by atoms with van der Waals surface area (Å²) in [6, 6.07) is 23.3. The van der Waals surface area contributed by atoms with E-state index in [1.807, 2.05) is 18.2 Å². The zero-order valence-electron chi connectivity index (χ0n) is 17.9. The van der Waals surface area contributed by atoms with E-state index in [4.69, 9.17) is 15.4 Å². The predicted octanol–water partition coefficient (Wildman–Crippen LogP) is 6.89. The number of nitrogens with two attached hydrogens (primary N) is 1. The monoisotopic (exact) mass is 443 g/mol. The van der Waals surface area contributed by atoms with E-state index in [2.05, 4.69) is 53.5 Å². The summed E-state index contributed by atoms with van der Waals surface area (Å²) in [7, 11) is 0. The number of hydrogen-bond donors (Lipinski definition) is 2. The molecule has 0 aliphatic carbocycles. The lowest BCUT2D eigenvalue weighted by atomic mass is 9.98. The molecule has 0 amide bonds. The Morgan fingerprint density at radius 2 is 1.75 bits per heavy atom. The van der Waals surface area contributed by atoms with E-state index in [-0.39, 0.29) is 12.4 Å². The number of H-pyrrole nitrogens is 1. The van der Waals surface area contributed by atoms with Crippen LogP contribution < -0.4 is 5.73 Å². The second-order valence-corrected chi connectivity index (χ2v) is 8.03. The number of nitrogens with zero attached hydrogens (tertiary/aromatic N) is 1. The van der Waals surface area contributed by atoms with Crippen LogP contribution in [0, 0.1) is 11.3 Å². The van der Waals surface area contributed by atoms with Crippen molar-refractivity contribution in [1.82, 2.24) is 4.98 Å². The quantitative estimate of drug-likeness (QED) is 0.268. The highest BCUT2D eigenvalue weighted by molar-refractivity contribution is 6.10. The first-order valence-corrected chi connectivity index (χ1v) is 10.9. The average Bonchev–Trinajstić information content (AvgIpc) is 3.35. The van der Waals surface area contributed by atoms with Crippen molar-refractivity contribution in [3.63, 3.8) is 0 Å². The maximum atomic E-state index is 8.79. The highest BCUT2D eigenvalue weighted by Crippen LogP contribution is 2.37. The molecule has 0 atom stereocenters. The molecule has 3 aromatic carbocycles. The van der Waals surface area contributed by atoms with E-state index in [0.717, 1.165) is 64.3 Å². The van der Waals surface area contributed by atoms with E-state index >= 15 is 0 Å². The molecule has 0 radical (unpaired) electrons. The first-order valence-electron chi connectivity index (χ1n) is 10.9. The van der Waals surface area contributed by atoms with Crippen LogP contribution in [0.5, 0.6) is 0 Å². The molecular weight excluding hydrogens is 418 g/mol. The Morgan fingerprint density at radius 3 is 2.59 bits per heavy atom. The maximum absolute atomic E-state index is 8.79. The number of aryl methyl sites for hydroxylation is 1. The molecule has 0 fully saturated rings. The largest absolute Gasteiger partial charge is 0.455 e. The molecule has 0 saturated carbocycles. The van der Waals surface area contributed by atoms with Gasteiger partial charge >= 0.3 is 0 Å². The molecule has 5 heteroatoms. The number of furan rings is 1. The molecule has 2 heterocycles.